The maximum absolute atomic E-state index is 11.7. The molecule has 0 atom stereocenters. The van der Waals surface area contributed by atoms with E-state index in [2.05, 4.69) is 10.4 Å². The smallest absolute Gasteiger partial charge is 0.248 e. The van der Waals surface area contributed by atoms with Gasteiger partial charge in [0.05, 0.1) is 6.20 Å². The molecule has 1 aromatic carbocycles. The number of amides is 2. The van der Waals surface area contributed by atoms with Crippen LogP contribution in [0.2, 0.25) is 0 Å². The van der Waals surface area contributed by atoms with Gasteiger partial charge < -0.3 is 11.1 Å². The summed E-state index contributed by atoms with van der Waals surface area (Å²) in [5.41, 5.74) is 6.87. The molecule has 6 heteroatoms. The Morgan fingerprint density at radius 3 is 2.85 bits per heavy atom. The van der Waals surface area contributed by atoms with Gasteiger partial charge in [-0.2, -0.15) is 5.10 Å². The molecule has 0 aliphatic carbocycles. The lowest BCUT2D eigenvalue weighted by Crippen LogP contribution is -2.12. The normalized spacial score (nSPS) is 10.7. The number of aryl methyl sites for hydroxylation is 1. The molecule has 1 heterocycles. The van der Waals surface area contributed by atoms with Crippen LogP contribution >= 0.6 is 0 Å². The lowest BCUT2D eigenvalue weighted by molar-refractivity contribution is -0.111. The van der Waals surface area contributed by atoms with E-state index in [4.69, 9.17) is 5.73 Å². The fourth-order valence-corrected chi connectivity index (χ4v) is 1.63. The Bertz CT molecular complexity index is 673. The van der Waals surface area contributed by atoms with Crippen molar-refractivity contribution in [3.05, 3.63) is 53.9 Å². The Kier molecular flexibility index (Phi) is 3.95. The number of benzene rings is 1. The molecule has 0 spiro atoms. The highest BCUT2D eigenvalue weighted by atomic mass is 16.1. The molecule has 0 aliphatic rings. The minimum Gasteiger partial charge on any atom is -0.366 e. The quantitative estimate of drug-likeness (QED) is 0.817. The predicted molar refractivity (Wildman–Crippen MR) is 75.8 cm³/mol. The topological polar surface area (TPSA) is 90.0 Å². The van der Waals surface area contributed by atoms with Gasteiger partial charge in [-0.3, -0.25) is 14.3 Å². The molecule has 6 nitrogen and oxygen atoms in total. The molecule has 0 fully saturated rings. The lowest BCUT2D eigenvalue weighted by atomic mass is 10.2. The zero-order valence-corrected chi connectivity index (χ0v) is 10.9. The summed E-state index contributed by atoms with van der Waals surface area (Å²) in [5.74, 6) is -0.831. The molecule has 3 N–H and O–H groups in total. The van der Waals surface area contributed by atoms with Crippen LogP contribution in [0, 0.1) is 0 Å². The standard InChI is InChI=1S/C14H14N4O2/c1-18-9-10(8-16-18)5-6-13(19)17-12-4-2-3-11(7-12)14(15)20/h2-9H,1H3,(H2,15,20)(H,17,19)/b6-5+. The number of hydrogen-bond donors (Lipinski definition) is 2. The first-order valence-electron chi connectivity index (χ1n) is 5.92. The molecule has 0 aliphatic heterocycles. The number of anilines is 1. The second kappa shape index (κ2) is 5.83. The molecule has 0 unspecified atom stereocenters. The highest BCUT2D eigenvalue weighted by molar-refractivity contribution is 6.02. The number of aromatic nitrogens is 2. The summed E-state index contributed by atoms with van der Waals surface area (Å²) < 4.78 is 1.65. The SMILES string of the molecule is Cn1cc(/C=C/C(=O)Nc2cccc(C(N)=O)c2)cn1. The Morgan fingerprint density at radius 2 is 2.20 bits per heavy atom. The minimum atomic E-state index is -0.535. The van der Waals surface area contributed by atoms with E-state index >= 15 is 0 Å². The Labute approximate surface area is 115 Å². The average molecular weight is 270 g/mol. The van der Waals surface area contributed by atoms with Crippen molar-refractivity contribution < 1.29 is 9.59 Å². The third-order valence-electron chi connectivity index (χ3n) is 2.57. The van der Waals surface area contributed by atoms with E-state index in [9.17, 15) is 9.59 Å². The summed E-state index contributed by atoms with van der Waals surface area (Å²) in [6.07, 6.45) is 6.49. The summed E-state index contributed by atoms with van der Waals surface area (Å²) in [4.78, 5) is 22.8. The second-order valence-corrected chi connectivity index (χ2v) is 4.21. The van der Waals surface area contributed by atoms with Gasteiger partial charge in [0.2, 0.25) is 11.8 Å². The Balaban J connectivity index is 2.02. The van der Waals surface area contributed by atoms with Crippen LogP contribution in [-0.2, 0) is 11.8 Å². The largest absolute Gasteiger partial charge is 0.366 e. The fraction of sp³-hybridized carbons (Fsp3) is 0.0714. The van der Waals surface area contributed by atoms with E-state index < -0.39 is 5.91 Å². The maximum Gasteiger partial charge on any atom is 0.248 e. The van der Waals surface area contributed by atoms with Crippen molar-refractivity contribution in [1.29, 1.82) is 0 Å². The van der Waals surface area contributed by atoms with Gasteiger partial charge in [0, 0.05) is 36.1 Å². The van der Waals surface area contributed by atoms with E-state index in [1.54, 1.807) is 48.4 Å². The highest BCUT2D eigenvalue weighted by Crippen LogP contribution is 2.10. The van der Waals surface area contributed by atoms with E-state index in [-0.39, 0.29) is 5.91 Å². The van der Waals surface area contributed by atoms with Gasteiger partial charge in [-0.15, -0.1) is 0 Å². The molecule has 1 aromatic heterocycles. The molecular weight excluding hydrogens is 256 g/mol. The Morgan fingerprint density at radius 1 is 1.40 bits per heavy atom. The van der Waals surface area contributed by atoms with E-state index in [1.807, 2.05) is 0 Å². The van der Waals surface area contributed by atoms with Gasteiger partial charge in [0.25, 0.3) is 0 Å². The zero-order valence-electron chi connectivity index (χ0n) is 10.9. The molecule has 0 radical (unpaired) electrons. The van der Waals surface area contributed by atoms with Crippen LogP contribution in [0.3, 0.4) is 0 Å². The van der Waals surface area contributed by atoms with E-state index in [0.29, 0.717) is 11.3 Å². The maximum atomic E-state index is 11.7. The lowest BCUT2D eigenvalue weighted by Gasteiger charge is -2.03. The van der Waals surface area contributed by atoms with Crippen LogP contribution < -0.4 is 11.1 Å². The van der Waals surface area contributed by atoms with Crippen LogP contribution in [0.15, 0.2) is 42.7 Å². The van der Waals surface area contributed by atoms with Gasteiger partial charge in [-0.25, -0.2) is 0 Å². The summed E-state index contributed by atoms with van der Waals surface area (Å²) in [5, 5.41) is 6.65. The van der Waals surface area contributed by atoms with Crippen molar-refractivity contribution in [2.24, 2.45) is 12.8 Å². The number of primary amides is 1. The van der Waals surface area contributed by atoms with Gasteiger partial charge in [-0.05, 0) is 24.3 Å². The van der Waals surface area contributed by atoms with Crippen molar-refractivity contribution in [2.75, 3.05) is 5.32 Å². The van der Waals surface area contributed by atoms with Crippen LogP contribution in [0.4, 0.5) is 5.69 Å². The number of carbonyl (C=O) groups excluding carboxylic acids is 2. The van der Waals surface area contributed by atoms with Crippen molar-refractivity contribution in [3.8, 4) is 0 Å². The third-order valence-corrected chi connectivity index (χ3v) is 2.57. The monoisotopic (exact) mass is 270 g/mol. The number of rotatable bonds is 4. The summed E-state index contributed by atoms with van der Waals surface area (Å²) in [6, 6.07) is 6.45. The average Bonchev–Trinajstić information content (AvgIpc) is 2.82. The molecule has 0 saturated carbocycles. The number of carbonyl (C=O) groups is 2. The van der Waals surface area contributed by atoms with Crippen LogP contribution in [0.25, 0.3) is 6.08 Å². The van der Waals surface area contributed by atoms with Crippen LogP contribution in [-0.4, -0.2) is 21.6 Å². The predicted octanol–water partition coefficient (Wildman–Crippen LogP) is 1.17. The van der Waals surface area contributed by atoms with Crippen molar-refractivity contribution >= 4 is 23.6 Å². The molecule has 0 bridgehead atoms. The van der Waals surface area contributed by atoms with Crippen molar-refractivity contribution in [1.82, 2.24) is 9.78 Å². The Hall–Kier alpha value is -2.89. The number of hydrogen-bond acceptors (Lipinski definition) is 3. The second-order valence-electron chi connectivity index (χ2n) is 4.21. The van der Waals surface area contributed by atoms with Crippen LogP contribution in [0.1, 0.15) is 15.9 Å². The van der Waals surface area contributed by atoms with E-state index in [0.717, 1.165) is 5.56 Å². The third kappa shape index (κ3) is 3.55. The molecule has 0 saturated heterocycles. The summed E-state index contributed by atoms with van der Waals surface area (Å²) in [6.45, 7) is 0. The number of nitrogens with zero attached hydrogens (tertiary/aromatic N) is 2. The summed E-state index contributed by atoms with van der Waals surface area (Å²) >= 11 is 0. The van der Waals surface area contributed by atoms with Gasteiger partial charge in [0.15, 0.2) is 0 Å². The fourth-order valence-electron chi connectivity index (χ4n) is 1.63. The van der Waals surface area contributed by atoms with Crippen molar-refractivity contribution in [3.63, 3.8) is 0 Å². The zero-order chi connectivity index (χ0) is 14.5. The molecule has 20 heavy (non-hydrogen) atoms. The molecule has 102 valence electrons. The highest BCUT2D eigenvalue weighted by Gasteiger charge is 2.03. The number of nitrogens with one attached hydrogen (secondary N) is 1. The molecule has 2 rings (SSSR count). The molecule has 2 aromatic rings. The first-order valence-corrected chi connectivity index (χ1v) is 5.92. The van der Waals surface area contributed by atoms with Crippen LogP contribution in [0.5, 0.6) is 0 Å². The van der Waals surface area contributed by atoms with Crippen molar-refractivity contribution in [2.45, 2.75) is 0 Å². The van der Waals surface area contributed by atoms with Gasteiger partial charge in [0.1, 0.15) is 0 Å². The minimum absolute atomic E-state index is 0.296. The summed E-state index contributed by atoms with van der Waals surface area (Å²) in [7, 11) is 1.80. The molecular formula is C14H14N4O2. The molecule has 2 amide bonds. The first-order chi connectivity index (χ1) is 9.54. The van der Waals surface area contributed by atoms with Gasteiger partial charge >= 0.3 is 0 Å². The number of nitrogens with two attached hydrogens (primary N) is 1. The van der Waals surface area contributed by atoms with Gasteiger partial charge in [-0.1, -0.05) is 6.07 Å². The first kappa shape index (κ1) is 13.5. The van der Waals surface area contributed by atoms with E-state index in [1.165, 1.54) is 12.1 Å².